The van der Waals surface area contributed by atoms with Gasteiger partial charge in [0.1, 0.15) is 10.7 Å². The van der Waals surface area contributed by atoms with Crippen molar-refractivity contribution >= 4 is 51.3 Å². The molecule has 0 saturated heterocycles. The molecule has 0 aliphatic rings. The molecule has 8 heteroatoms. The van der Waals surface area contributed by atoms with Crippen molar-refractivity contribution in [3.8, 4) is 11.3 Å². The number of pyridine rings is 1. The lowest BCUT2D eigenvalue weighted by molar-refractivity contribution is 0.0936. The molecule has 0 radical (unpaired) electrons. The number of thiazole rings is 1. The van der Waals surface area contributed by atoms with Crippen LogP contribution in [0.3, 0.4) is 0 Å². The maximum absolute atomic E-state index is 12.7. The monoisotopic (exact) mass is 416 g/mol. The van der Waals surface area contributed by atoms with Crippen molar-refractivity contribution in [2.24, 2.45) is 0 Å². The highest BCUT2D eigenvalue weighted by Gasteiger charge is 2.20. The van der Waals surface area contributed by atoms with E-state index in [2.05, 4.69) is 20.3 Å². The Hall–Kier alpha value is -2.41. The second-order valence-electron chi connectivity index (χ2n) is 6.01. The van der Waals surface area contributed by atoms with Gasteiger partial charge in [0.05, 0.1) is 16.8 Å². The summed E-state index contributed by atoms with van der Waals surface area (Å²) in [4.78, 5) is 24.5. The maximum atomic E-state index is 12.7. The summed E-state index contributed by atoms with van der Waals surface area (Å²) in [6, 6.07) is 8.82. The Bertz CT molecular complexity index is 1120. The smallest absolute Gasteiger partial charge is 0.269 e. The molecule has 27 heavy (non-hydrogen) atoms. The number of aromatic amines is 1. The van der Waals surface area contributed by atoms with Crippen LogP contribution in [0, 0.1) is 0 Å². The fraction of sp³-hybridized carbons (Fsp3) is 0.105. The molecule has 1 aromatic carbocycles. The largest absolute Gasteiger partial charge is 0.349 e. The lowest BCUT2D eigenvalue weighted by Crippen LogP contribution is -2.27. The van der Waals surface area contributed by atoms with Gasteiger partial charge < -0.3 is 10.3 Å². The van der Waals surface area contributed by atoms with Gasteiger partial charge in [0.25, 0.3) is 5.91 Å². The zero-order valence-corrected chi connectivity index (χ0v) is 16.5. The predicted molar refractivity (Wildman–Crippen MR) is 110 cm³/mol. The van der Waals surface area contributed by atoms with E-state index >= 15 is 0 Å². The third kappa shape index (κ3) is 3.56. The van der Waals surface area contributed by atoms with Crippen molar-refractivity contribution in [3.63, 3.8) is 0 Å². The third-order valence-corrected chi connectivity index (χ3v) is 5.78. The summed E-state index contributed by atoms with van der Waals surface area (Å²) in [6.07, 6.45) is 3.48. The normalized spacial score (nSPS) is 12.3. The van der Waals surface area contributed by atoms with Crippen LogP contribution in [0.2, 0.25) is 10.0 Å². The molecular weight excluding hydrogens is 403 g/mol. The Morgan fingerprint density at radius 3 is 2.93 bits per heavy atom. The first kappa shape index (κ1) is 18.0. The molecular formula is C19H14Cl2N4OS. The van der Waals surface area contributed by atoms with E-state index in [0.717, 1.165) is 27.2 Å². The molecule has 136 valence electrons. The highest BCUT2D eigenvalue weighted by Crippen LogP contribution is 2.30. The number of halogens is 2. The fourth-order valence-corrected chi connectivity index (χ4v) is 4.05. The van der Waals surface area contributed by atoms with Gasteiger partial charge in [-0.15, -0.1) is 11.3 Å². The van der Waals surface area contributed by atoms with Gasteiger partial charge in [-0.05, 0) is 37.3 Å². The SMILES string of the molecule is CC(NC(=O)c1[nH]c2ccc(Cl)cc2c1Cl)c1nc(-c2cccnc2)cs1. The highest BCUT2D eigenvalue weighted by atomic mass is 35.5. The van der Waals surface area contributed by atoms with Crippen LogP contribution in [0.4, 0.5) is 0 Å². The quantitative estimate of drug-likeness (QED) is 0.462. The first-order valence-corrected chi connectivity index (χ1v) is 9.80. The van der Waals surface area contributed by atoms with Crippen LogP contribution < -0.4 is 5.32 Å². The minimum atomic E-state index is -0.294. The molecule has 1 atom stereocenters. The summed E-state index contributed by atoms with van der Waals surface area (Å²) in [5.74, 6) is -0.294. The number of carbonyl (C=O) groups excluding carboxylic acids is 1. The Morgan fingerprint density at radius 2 is 2.15 bits per heavy atom. The lowest BCUT2D eigenvalue weighted by Gasteiger charge is -2.10. The molecule has 4 rings (SSSR count). The highest BCUT2D eigenvalue weighted by molar-refractivity contribution is 7.10. The number of hydrogen-bond acceptors (Lipinski definition) is 4. The first-order valence-electron chi connectivity index (χ1n) is 8.16. The second kappa shape index (κ2) is 7.31. The van der Waals surface area contributed by atoms with E-state index in [-0.39, 0.29) is 11.9 Å². The van der Waals surface area contributed by atoms with Crippen LogP contribution >= 0.6 is 34.5 Å². The Balaban J connectivity index is 1.55. The molecule has 0 fully saturated rings. The summed E-state index contributed by atoms with van der Waals surface area (Å²) in [7, 11) is 0. The Morgan fingerprint density at radius 1 is 1.30 bits per heavy atom. The van der Waals surface area contributed by atoms with Gasteiger partial charge >= 0.3 is 0 Å². The number of nitrogens with zero attached hydrogens (tertiary/aromatic N) is 2. The topological polar surface area (TPSA) is 70.7 Å². The van der Waals surface area contributed by atoms with Gasteiger partial charge in [-0.2, -0.15) is 0 Å². The van der Waals surface area contributed by atoms with E-state index in [0.29, 0.717) is 15.7 Å². The molecule has 0 saturated carbocycles. The van der Waals surface area contributed by atoms with Crippen LogP contribution in [-0.4, -0.2) is 20.9 Å². The summed E-state index contributed by atoms with van der Waals surface area (Å²) in [5, 5.41) is 7.33. The van der Waals surface area contributed by atoms with E-state index in [1.54, 1.807) is 30.6 Å². The molecule has 3 heterocycles. The molecule has 1 amide bonds. The first-order chi connectivity index (χ1) is 13.0. The van der Waals surface area contributed by atoms with Crippen molar-refractivity contribution in [1.82, 2.24) is 20.3 Å². The molecule has 4 aromatic rings. The number of rotatable bonds is 4. The maximum Gasteiger partial charge on any atom is 0.269 e. The molecule has 0 aliphatic carbocycles. The summed E-state index contributed by atoms with van der Waals surface area (Å²) in [6.45, 7) is 1.89. The van der Waals surface area contributed by atoms with Crippen molar-refractivity contribution < 1.29 is 4.79 Å². The van der Waals surface area contributed by atoms with Crippen molar-refractivity contribution in [2.45, 2.75) is 13.0 Å². The average Bonchev–Trinajstić information content (AvgIpc) is 3.28. The van der Waals surface area contributed by atoms with Crippen LogP contribution in [0.15, 0.2) is 48.1 Å². The number of nitrogens with one attached hydrogen (secondary N) is 2. The van der Waals surface area contributed by atoms with Crippen LogP contribution in [0.5, 0.6) is 0 Å². The number of carbonyl (C=O) groups is 1. The van der Waals surface area contributed by atoms with Gasteiger partial charge in [-0.25, -0.2) is 4.98 Å². The number of H-pyrrole nitrogens is 1. The molecule has 0 bridgehead atoms. The zero-order valence-electron chi connectivity index (χ0n) is 14.2. The van der Waals surface area contributed by atoms with Crippen molar-refractivity contribution in [2.75, 3.05) is 0 Å². The van der Waals surface area contributed by atoms with Crippen LogP contribution in [-0.2, 0) is 0 Å². The van der Waals surface area contributed by atoms with E-state index < -0.39 is 0 Å². The van der Waals surface area contributed by atoms with Gasteiger partial charge in [-0.3, -0.25) is 9.78 Å². The molecule has 3 aromatic heterocycles. The number of benzene rings is 1. The van der Waals surface area contributed by atoms with E-state index in [1.807, 2.05) is 24.4 Å². The molecule has 1 unspecified atom stereocenters. The van der Waals surface area contributed by atoms with Gasteiger partial charge in [0.2, 0.25) is 0 Å². The fourth-order valence-electron chi connectivity index (χ4n) is 2.75. The predicted octanol–water partition coefficient (Wildman–Crippen LogP) is 5.48. The second-order valence-corrected chi connectivity index (χ2v) is 7.72. The van der Waals surface area contributed by atoms with E-state index in [4.69, 9.17) is 23.2 Å². The van der Waals surface area contributed by atoms with Crippen molar-refractivity contribution in [1.29, 1.82) is 0 Å². The molecule has 5 nitrogen and oxygen atoms in total. The minimum Gasteiger partial charge on any atom is -0.349 e. The number of hydrogen-bond donors (Lipinski definition) is 2. The summed E-state index contributed by atoms with van der Waals surface area (Å²) in [5.41, 5.74) is 2.84. The van der Waals surface area contributed by atoms with E-state index in [9.17, 15) is 4.79 Å². The van der Waals surface area contributed by atoms with Crippen LogP contribution in [0.1, 0.15) is 28.5 Å². The Kier molecular flexibility index (Phi) is 4.86. The molecule has 0 aliphatic heterocycles. The lowest BCUT2D eigenvalue weighted by atomic mass is 10.2. The number of aromatic nitrogens is 3. The van der Waals surface area contributed by atoms with Gasteiger partial charge in [-0.1, -0.05) is 23.2 Å². The summed E-state index contributed by atoms with van der Waals surface area (Å²) >= 11 is 13.9. The standard InChI is InChI=1S/C19H14Cl2N4OS/c1-10(19-25-15(9-27-19)11-3-2-6-22-8-11)23-18(26)17-16(21)13-7-12(20)4-5-14(13)24-17/h2-10,24H,1H3,(H,23,26). The number of fused-ring (bicyclic) bond motifs is 1. The third-order valence-electron chi connectivity index (χ3n) is 4.12. The molecule has 2 N–H and O–H groups in total. The van der Waals surface area contributed by atoms with Gasteiger partial charge in [0, 0.05) is 39.3 Å². The summed E-state index contributed by atoms with van der Waals surface area (Å²) < 4.78 is 0. The Labute approximate surface area is 169 Å². The van der Waals surface area contributed by atoms with Crippen molar-refractivity contribution in [3.05, 3.63) is 68.9 Å². The van der Waals surface area contributed by atoms with E-state index in [1.165, 1.54) is 11.3 Å². The average molecular weight is 417 g/mol. The van der Waals surface area contributed by atoms with Gasteiger partial charge in [0.15, 0.2) is 0 Å². The number of amides is 1. The van der Waals surface area contributed by atoms with Crippen LogP contribution in [0.25, 0.3) is 22.2 Å². The zero-order chi connectivity index (χ0) is 19.0. The molecule has 0 spiro atoms. The minimum absolute atomic E-state index is 0.265.